The molecule has 0 aliphatic carbocycles. The molecule has 3 aromatic rings. The van der Waals surface area contributed by atoms with Crippen LogP contribution in [0.5, 0.6) is 0 Å². The van der Waals surface area contributed by atoms with Gasteiger partial charge >= 0.3 is 0 Å². The Bertz CT molecular complexity index is 739. The predicted octanol–water partition coefficient (Wildman–Crippen LogP) is 1.99. The minimum atomic E-state index is 0.458. The molecule has 0 aromatic carbocycles. The Morgan fingerprint density at radius 1 is 1.22 bits per heavy atom. The maximum Gasteiger partial charge on any atom is 0.241 e. The Morgan fingerprint density at radius 2 is 2.22 bits per heavy atom. The van der Waals surface area contributed by atoms with Crippen LogP contribution in [0.15, 0.2) is 47.4 Å². The number of hydrogen-bond donors (Lipinski definition) is 0. The molecule has 23 heavy (non-hydrogen) atoms. The summed E-state index contributed by atoms with van der Waals surface area (Å²) in [5, 5.41) is 8.33. The van der Waals surface area contributed by atoms with Gasteiger partial charge in [0.25, 0.3) is 0 Å². The van der Waals surface area contributed by atoms with Crippen LogP contribution in [0.1, 0.15) is 18.7 Å². The maximum absolute atomic E-state index is 5.40. The van der Waals surface area contributed by atoms with E-state index in [0.717, 1.165) is 18.8 Å². The zero-order valence-electron chi connectivity index (χ0n) is 12.7. The van der Waals surface area contributed by atoms with Crippen LogP contribution < -0.4 is 0 Å². The van der Waals surface area contributed by atoms with Crippen LogP contribution in [-0.4, -0.2) is 42.4 Å². The molecule has 118 valence electrons. The lowest BCUT2D eigenvalue weighted by molar-refractivity contribution is 0.192. The van der Waals surface area contributed by atoms with Gasteiger partial charge in [0.05, 0.1) is 13.1 Å². The van der Waals surface area contributed by atoms with Crippen LogP contribution in [0.2, 0.25) is 0 Å². The number of likely N-dealkylation sites (tertiary alicyclic amines) is 1. The molecule has 1 atom stereocenters. The second-order valence-electron chi connectivity index (χ2n) is 5.72. The first-order valence-electron chi connectivity index (χ1n) is 7.84. The first-order chi connectivity index (χ1) is 11.4. The number of hydrogen-bond acceptors (Lipinski definition) is 6. The van der Waals surface area contributed by atoms with Crippen molar-refractivity contribution in [3.8, 4) is 11.5 Å². The van der Waals surface area contributed by atoms with Gasteiger partial charge in [-0.1, -0.05) is 11.2 Å². The van der Waals surface area contributed by atoms with E-state index in [1.807, 2.05) is 41.3 Å². The Balaban J connectivity index is 1.44. The molecule has 0 N–H and O–H groups in total. The molecule has 0 bridgehead atoms. The van der Waals surface area contributed by atoms with Crippen LogP contribution in [0.4, 0.5) is 0 Å². The molecule has 0 spiro atoms. The smallest absolute Gasteiger partial charge is 0.241 e. The monoisotopic (exact) mass is 310 g/mol. The van der Waals surface area contributed by atoms with Crippen molar-refractivity contribution in [3.05, 3.63) is 48.7 Å². The number of pyridine rings is 1. The highest BCUT2D eigenvalue weighted by Crippen LogP contribution is 2.21. The van der Waals surface area contributed by atoms with Crippen molar-refractivity contribution in [2.45, 2.75) is 32.0 Å². The highest BCUT2D eigenvalue weighted by Gasteiger charge is 2.26. The molecule has 7 heteroatoms. The first kappa shape index (κ1) is 14.1. The van der Waals surface area contributed by atoms with E-state index >= 15 is 0 Å². The van der Waals surface area contributed by atoms with E-state index in [2.05, 4.69) is 25.1 Å². The third-order valence-corrected chi connectivity index (χ3v) is 4.16. The van der Waals surface area contributed by atoms with Crippen molar-refractivity contribution >= 4 is 0 Å². The SMILES string of the molecule is c1ccc(-c2noc(CN3CCC[C@@H]3Cn3cccn3)n2)nc1. The molecule has 1 aliphatic rings. The number of nitrogens with zero attached hydrogens (tertiary/aromatic N) is 6. The van der Waals surface area contributed by atoms with Gasteiger partial charge < -0.3 is 4.52 Å². The highest BCUT2D eigenvalue weighted by atomic mass is 16.5. The minimum Gasteiger partial charge on any atom is -0.337 e. The average Bonchev–Trinajstić information content (AvgIpc) is 3.33. The Hall–Kier alpha value is -2.54. The zero-order chi connectivity index (χ0) is 15.5. The van der Waals surface area contributed by atoms with Crippen LogP contribution in [0, 0.1) is 0 Å². The number of aromatic nitrogens is 5. The third-order valence-electron chi connectivity index (χ3n) is 4.16. The molecule has 7 nitrogen and oxygen atoms in total. The summed E-state index contributed by atoms with van der Waals surface area (Å²) in [7, 11) is 0. The van der Waals surface area contributed by atoms with Gasteiger partial charge in [0.2, 0.25) is 11.7 Å². The van der Waals surface area contributed by atoms with Gasteiger partial charge in [-0.3, -0.25) is 14.6 Å². The Morgan fingerprint density at radius 3 is 3.04 bits per heavy atom. The van der Waals surface area contributed by atoms with Gasteiger partial charge in [-0.15, -0.1) is 0 Å². The largest absolute Gasteiger partial charge is 0.337 e. The van der Waals surface area contributed by atoms with Gasteiger partial charge in [0, 0.05) is 24.6 Å². The summed E-state index contributed by atoms with van der Waals surface area (Å²) in [5.41, 5.74) is 0.733. The van der Waals surface area contributed by atoms with Crippen molar-refractivity contribution < 1.29 is 4.52 Å². The van der Waals surface area contributed by atoms with Crippen LogP contribution in [-0.2, 0) is 13.1 Å². The van der Waals surface area contributed by atoms with Crippen molar-refractivity contribution in [3.63, 3.8) is 0 Å². The molecule has 3 aromatic heterocycles. The molecule has 1 fully saturated rings. The Labute approximate surface area is 134 Å². The van der Waals surface area contributed by atoms with E-state index < -0.39 is 0 Å². The molecule has 0 radical (unpaired) electrons. The van der Waals surface area contributed by atoms with Crippen LogP contribution in [0.25, 0.3) is 11.5 Å². The van der Waals surface area contributed by atoms with Crippen molar-refractivity contribution in [2.75, 3.05) is 6.54 Å². The fourth-order valence-electron chi connectivity index (χ4n) is 3.03. The van der Waals surface area contributed by atoms with E-state index in [9.17, 15) is 0 Å². The molecule has 0 saturated carbocycles. The second-order valence-corrected chi connectivity index (χ2v) is 5.72. The summed E-state index contributed by atoms with van der Waals surface area (Å²) in [6, 6.07) is 8.08. The molecule has 4 heterocycles. The topological polar surface area (TPSA) is 72.9 Å². The summed E-state index contributed by atoms with van der Waals surface area (Å²) < 4.78 is 7.38. The van der Waals surface area contributed by atoms with Crippen LogP contribution in [0.3, 0.4) is 0 Å². The lowest BCUT2D eigenvalue weighted by atomic mass is 10.2. The fraction of sp³-hybridized carbons (Fsp3) is 0.375. The Kier molecular flexibility index (Phi) is 3.85. The quantitative estimate of drug-likeness (QED) is 0.717. The molecule has 0 amide bonds. The molecule has 1 aliphatic heterocycles. The normalized spacial score (nSPS) is 18.5. The summed E-state index contributed by atoms with van der Waals surface area (Å²) in [4.78, 5) is 11.1. The van der Waals surface area contributed by atoms with E-state index in [1.54, 1.807) is 6.20 Å². The summed E-state index contributed by atoms with van der Waals surface area (Å²) in [6.45, 7) is 2.62. The van der Waals surface area contributed by atoms with Crippen molar-refractivity contribution in [1.82, 2.24) is 29.8 Å². The van der Waals surface area contributed by atoms with Gasteiger partial charge in [-0.05, 0) is 37.6 Å². The highest BCUT2D eigenvalue weighted by molar-refractivity contribution is 5.46. The zero-order valence-corrected chi connectivity index (χ0v) is 12.7. The van der Waals surface area contributed by atoms with Crippen molar-refractivity contribution in [1.29, 1.82) is 0 Å². The van der Waals surface area contributed by atoms with Gasteiger partial charge in [-0.2, -0.15) is 10.1 Å². The van der Waals surface area contributed by atoms with E-state index in [0.29, 0.717) is 24.3 Å². The van der Waals surface area contributed by atoms with Crippen LogP contribution >= 0.6 is 0 Å². The second kappa shape index (κ2) is 6.29. The van der Waals surface area contributed by atoms with Crippen molar-refractivity contribution in [2.24, 2.45) is 0 Å². The fourth-order valence-corrected chi connectivity index (χ4v) is 3.03. The molecule has 0 unspecified atom stereocenters. The van der Waals surface area contributed by atoms with E-state index in [1.165, 1.54) is 12.8 Å². The van der Waals surface area contributed by atoms with E-state index in [-0.39, 0.29) is 0 Å². The average molecular weight is 310 g/mol. The summed E-state index contributed by atoms with van der Waals surface area (Å²) in [6.07, 6.45) is 7.90. The molecule has 1 saturated heterocycles. The van der Waals surface area contributed by atoms with Gasteiger partial charge in [0.15, 0.2) is 0 Å². The molecular weight excluding hydrogens is 292 g/mol. The first-order valence-corrected chi connectivity index (χ1v) is 7.84. The van der Waals surface area contributed by atoms with Gasteiger partial charge in [-0.25, -0.2) is 0 Å². The summed E-state index contributed by atoms with van der Waals surface area (Å²) in [5.74, 6) is 1.18. The lowest BCUT2D eigenvalue weighted by Crippen LogP contribution is -2.32. The van der Waals surface area contributed by atoms with E-state index in [4.69, 9.17) is 4.52 Å². The molecular formula is C16H18N6O. The standard InChI is InChI=1S/C16H18N6O/c1-2-7-17-14(6-1)16-19-15(23-20-16)12-21-9-3-5-13(21)11-22-10-4-8-18-22/h1-2,4,6-8,10,13H,3,5,9,11-12H2/t13-/m1/s1. The maximum atomic E-state index is 5.40. The predicted molar refractivity (Wildman–Crippen MR) is 83.2 cm³/mol. The third kappa shape index (κ3) is 3.14. The summed E-state index contributed by atoms with van der Waals surface area (Å²) >= 11 is 0. The minimum absolute atomic E-state index is 0.458. The lowest BCUT2D eigenvalue weighted by Gasteiger charge is -2.22. The molecule has 4 rings (SSSR count). The van der Waals surface area contributed by atoms with Gasteiger partial charge in [0.1, 0.15) is 5.69 Å². The number of rotatable bonds is 5.